The predicted molar refractivity (Wildman–Crippen MR) is 129 cm³/mol. The number of piperidine rings is 1. The van der Waals surface area contributed by atoms with Crippen LogP contribution in [0.3, 0.4) is 0 Å². The first-order chi connectivity index (χ1) is 16.0. The molecule has 1 saturated heterocycles. The average Bonchev–Trinajstić information content (AvgIpc) is 3.61. The van der Waals surface area contributed by atoms with Crippen molar-refractivity contribution in [3.8, 4) is 5.75 Å². The van der Waals surface area contributed by atoms with Crippen molar-refractivity contribution in [1.82, 2.24) is 9.97 Å². The highest BCUT2D eigenvalue weighted by Gasteiger charge is 2.48. The summed E-state index contributed by atoms with van der Waals surface area (Å²) in [6.07, 6.45) is 2.94. The molecule has 1 aliphatic heterocycles. The van der Waals surface area contributed by atoms with Gasteiger partial charge in [0.1, 0.15) is 11.6 Å². The number of anilines is 2. The van der Waals surface area contributed by atoms with Crippen molar-refractivity contribution in [2.45, 2.75) is 37.3 Å². The first-order valence-corrected chi connectivity index (χ1v) is 11.7. The molecule has 33 heavy (non-hydrogen) atoms. The van der Waals surface area contributed by atoms with Crippen LogP contribution in [0.2, 0.25) is 0 Å². The summed E-state index contributed by atoms with van der Waals surface area (Å²) in [6.45, 7) is 2.30. The Morgan fingerprint density at radius 2 is 1.91 bits per heavy atom. The summed E-state index contributed by atoms with van der Waals surface area (Å²) in [5.74, 6) is 2.49. The molecule has 0 spiro atoms. The Bertz CT molecular complexity index is 1140. The molecule has 1 aromatic heterocycles. The van der Waals surface area contributed by atoms with Crippen LogP contribution < -0.4 is 14.5 Å². The highest BCUT2D eigenvalue weighted by molar-refractivity contribution is 5.92. The topological polar surface area (TPSA) is 61.7 Å². The third-order valence-corrected chi connectivity index (χ3v) is 7.00. The molecule has 0 atom stereocenters. The van der Waals surface area contributed by atoms with Crippen LogP contribution in [0.15, 0.2) is 42.5 Å². The minimum Gasteiger partial charge on any atom is -0.496 e. The lowest BCUT2D eigenvalue weighted by atomic mass is 9.88. The number of alkyl halides is 1. The van der Waals surface area contributed by atoms with E-state index in [2.05, 4.69) is 28.1 Å². The van der Waals surface area contributed by atoms with E-state index < -0.39 is 5.67 Å². The summed E-state index contributed by atoms with van der Waals surface area (Å²) in [7, 11) is 3.67. The lowest BCUT2D eigenvalue weighted by Crippen LogP contribution is -2.34. The highest BCUT2D eigenvalue weighted by Crippen LogP contribution is 2.49. The van der Waals surface area contributed by atoms with Gasteiger partial charge in [0.05, 0.1) is 19.2 Å². The number of rotatable bonds is 7. The van der Waals surface area contributed by atoms with Crippen molar-refractivity contribution >= 4 is 22.4 Å². The van der Waals surface area contributed by atoms with Gasteiger partial charge in [-0.25, -0.2) is 14.4 Å². The van der Waals surface area contributed by atoms with Crippen molar-refractivity contribution in [2.24, 2.45) is 0 Å². The van der Waals surface area contributed by atoms with Crippen molar-refractivity contribution < 1.29 is 14.2 Å². The number of ether oxygens (including phenoxy) is 1. The Balaban J connectivity index is 1.48. The summed E-state index contributed by atoms with van der Waals surface area (Å²) in [6, 6.07) is 14.2. The third kappa shape index (κ3) is 4.22. The van der Waals surface area contributed by atoms with Crippen molar-refractivity contribution in [3.05, 3.63) is 53.9 Å². The van der Waals surface area contributed by atoms with E-state index in [0.717, 1.165) is 54.1 Å². The van der Waals surface area contributed by atoms with Crippen LogP contribution in [-0.2, 0) is 5.67 Å². The Morgan fingerprint density at radius 1 is 1.15 bits per heavy atom. The number of aliphatic hydroxyl groups excluding tert-OH is 1. The average molecular weight is 451 g/mol. The molecule has 5 rings (SSSR count). The number of nitrogens with zero attached hydrogens (tertiary/aromatic N) is 4. The van der Waals surface area contributed by atoms with Gasteiger partial charge in [-0.1, -0.05) is 18.2 Å². The fraction of sp³-hybridized carbons (Fsp3) is 0.462. The number of halogens is 1. The number of aliphatic hydroxyl groups is 1. The van der Waals surface area contributed by atoms with Gasteiger partial charge in [-0.15, -0.1) is 0 Å². The van der Waals surface area contributed by atoms with E-state index in [1.807, 2.05) is 36.2 Å². The maximum absolute atomic E-state index is 15.0. The Kier molecular flexibility index (Phi) is 5.83. The molecular weight excluding hydrogens is 419 g/mol. The van der Waals surface area contributed by atoms with Gasteiger partial charge in [0, 0.05) is 37.8 Å². The zero-order valence-electron chi connectivity index (χ0n) is 19.3. The molecule has 0 unspecified atom stereocenters. The molecule has 1 saturated carbocycles. The van der Waals surface area contributed by atoms with Crippen LogP contribution in [0.1, 0.15) is 43.0 Å². The van der Waals surface area contributed by atoms with E-state index in [4.69, 9.17) is 9.72 Å². The molecule has 1 N–H and O–H groups in total. The lowest BCUT2D eigenvalue weighted by Gasteiger charge is -2.34. The highest BCUT2D eigenvalue weighted by atomic mass is 19.1. The molecule has 3 aromatic rings. The number of hydrogen-bond donors (Lipinski definition) is 1. The van der Waals surface area contributed by atoms with E-state index in [-0.39, 0.29) is 6.61 Å². The fourth-order valence-electron chi connectivity index (χ4n) is 4.80. The molecule has 7 heteroatoms. The molecule has 0 radical (unpaired) electrons. The van der Waals surface area contributed by atoms with E-state index in [1.54, 1.807) is 7.11 Å². The van der Waals surface area contributed by atoms with Crippen molar-refractivity contribution in [3.63, 3.8) is 0 Å². The minimum atomic E-state index is -1.38. The molecular formula is C26H31FN4O2. The van der Waals surface area contributed by atoms with E-state index in [0.29, 0.717) is 31.1 Å². The number of hydrogen-bond acceptors (Lipinski definition) is 6. The second-order valence-corrected chi connectivity index (χ2v) is 9.19. The molecule has 2 aromatic carbocycles. The largest absolute Gasteiger partial charge is 0.496 e. The molecule has 0 bridgehead atoms. The SMILES string of the molecule is COc1ccccc1C1CCN(c2nc(C3(F)CC3)nc3ccc(N(C)CCO)cc23)CC1. The van der Waals surface area contributed by atoms with Crippen LogP contribution in [0, 0.1) is 0 Å². The molecule has 1 aliphatic carbocycles. The third-order valence-electron chi connectivity index (χ3n) is 7.00. The maximum Gasteiger partial charge on any atom is 0.170 e. The number of para-hydroxylation sites is 1. The second-order valence-electron chi connectivity index (χ2n) is 9.19. The van der Waals surface area contributed by atoms with Crippen LogP contribution in [-0.4, -0.2) is 55.5 Å². The van der Waals surface area contributed by atoms with Gasteiger partial charge in [0.15, 0.2) is 11.5 Å². The van der Waals surface area contributed by atoms with Crippen LogP contribution >= 0.6 is 0 Å². The quantitative estimate of drug-likeness (QED) is 0.575. The van der Waals surface area contributed by atoms with Crippen LogP contribution in [0.4, 0.5) is 15.9 Å². The number of benzene rings is 2. The number of aromatic nitrogens is 2. The van der Waals surface area contributed by atoms with Gasteiger partial charge in [0.2, 0.25) is 0 Å². The van der Waals surface area contributed by atoms with E-state index >= 15 is 0 Å². The zero-order valence-corrected chi connectivity index (χ0v) is 19.3. The summed E-state index contributed by atoms with van der Waals surface area (Å²) in [5.41, 5.74) is 1.62. The zero-order chi connectivity index (χ0) is 23.0. The lowest BCUT2D eigenvalue weighted by molar-refractivity contribution is 0.301. The molecule has 6 nitrogen and oxygen atoms in total. The van der Waals surface area contributed by atoms with Gasteiger partial charge in [-0.2, -0.15) is 0 Å². The Hall–Kier alpha value is -2.93. The van der Waals surface area contributed by atoms with Crippen molar-refractivity contribution in [2.75, 3.05) is 50.2 Å². The monoisotopic (exact) mass is 450 g/mol. The molecule has 174 valence electrons. The van der Waals surface area contributed by atoms with Crippen molar-refractivity contribution in [1.29, 1.82) is 0 Å². The standard InChI is InChI=1S/C26H31FN4O2/c1-30(15-16-32)19-7-8-22-21(17-19)24(29-25(28-22)26(27)11-12-26)31-13-9-18(10-14-31)20-5-3-4-6-23(20)33-2/h3-8,17-18,32H,9-16H2,1-2H3. The normalized spacial score (nSPS) is 17.9. The smallest absolute Gasteiger partial charge is 0.170 e. The number of fused-ring (bicyclic) bond motifs is 1. The molecule has 2 aliphatic rings. The molecule has 2 fully saturated rings. The summed E-state index contributed by atoms with van der Waals surface area (Å²) < 4.78 is 20.6. The number of likely N-dealkylation sites (N-methyl/N-ethyl adjacent to an activating group) is 1. The predicted octanol–water partition coefficient (Wildman–Crippen LogP) is 4.41. The van der Waals surface area contributed by atoms with Gasteiger partial charge in [-0.05, 0) is 61.4 Å². The van der Waals surface area contributed by atoms with Gasteiger partial charge in [-0.3, -0.25) is 0 Å². The summed E-state index contributed by atoms with van der Waals surface area (Å²) in [4.78, 5) is 13.7. The molecule has 0 amide bonds. The Morgan fingerprint density at radius 3 is 2.61 bits per heavy atom. The maximum atomic E-state index is 15.0. The summed E-state index contributed by atoms with van der Waals surface area (Å²) >= 11 is 0. The van der Waals surface area contributed by atoms with Crippen LogP contribution in [0.5, 0.6) is 5.75 Å². The van der Waals surface area contributed by atoms with Gasteiger partial charge >= 0.3 is 0 Å². The molecule has 2 heterocycles. The summed E-state index contributed by atoms with van der Waals surface area (Å²) in [5, 5.41) is 10.3. The van der Waals surface area contributed by atoms with E-state index in [1.165, 1.54) is 5.56 Å². The van der Waals surface area contributed by atoms with Crippen LogP contribution in [0.25, 0.3) is 10.9 Å². The number of methoxy groups -OCH3 is 1. The second kappa shape index (κ2) is 8.78. The first kappa shape index (κ1) is 21.9. The van der Waals surface area contributed by atoms with Gasteiger partial charge < -0.3 is 19.6 Å². The Labute approximate surface area is 194 Å². The minimum absolute atomic E-state index is 0.0810. The van der Waals surface area contributed by atoms with E-state index in [9.17, 15) is 9.50 Å². The van der Waals surface area contributed by atoms with Gasteiger partial charge in [0.25, 0.3) is 0 Å². The first-order valence-electron chi connectivity index (χ1n) is 11.7. The fourth-order valence-corrected chi connectivity index (χ4v) is 4.80.